The van der Waals surface area contributed by atoms with Crippen LogP contribution in [0.5, 0.6) is 0 Å². The summed E-state index contributed by atoms with van der Waals surface area (Å²) in [5.74, 6) is 1.40. The Bertz CT molecular complexity index is 718. The Morgan fingerprint density at radius 3 is 2.72 bits per heavy atom. The van der Waals surface area contributed by atoms with Gasteiger partial charge in [-0.15, -0.1) is 0 Å². The predicted octanol–water partition coefficient (Wildman–Crippen LogP) is 0.0992. The van der Waals surface area contributed by atoms with Crippen LogP contribution in [0.3, 0.4) is 0 Å². The Kier molecular flexibility index (Phi) is 5.34. The van der Waals surface area contributed by atoms with Crippen LogP contribution >= 0.6 is 0 Å². The smallest absolute Gasteiger partial charge is 0.270 e. The first-order valence-electron chi connectivity index (χ1n) is 8.07. The molecule has 0 aromatic carbocycles. The Hall–Kier alpha value is -2.81. The molecule has 132 valence electrons. The van der Waals surface area contributed by atoms with Gasteiger partial charge >= 0.3 is 0 Å². The fourth-order valence-electron chi connectivity index (χ4n) is 2.33. The number of amides is 1. The van der Waals surface area contributed by atoms with Crippen LogP contribution in [0.15, 0.2) is 24.4 Å². The maximum Gasteiger partial charge on any atom is 0.270 e. The van der Waals surface area contributed by atoms with Crippen molar-refractivity contribution in [2.75, 3.05) is 50.2 Å². The minimum atomic E-state index is -0.264. The van der Waals surface area contributed by atoms with Gasteiger partial charge in [-0.25, -0.2) is 0 Å². The van der Waals surface area contributed by atoms with Gasteiger partial charge in [0, 0.05) is 33.4 Å². The van der Waals surface area contributed by atoms with Crippen molar-refractivity contribution in [1.29, 1.82) is 0 Å². The molecule has 3 heterocycles. The molecule has 1 aliphatic rings. The van der Waals surface area contributed by atoms with Crippen LogP contribution in [0.1, 0.15) is 16.3 Å². The average Bonchev–Trinajstić information content (AvgIpc) is 2.67. The quantitative estimate of drug-likeness (QED) is 0.816. The Morgan fingerprint density at radius 1 is 1.24 bits per heavy atom. The minimum Gasteiger partial charge on any atom is -0.378 e. The number of nitrogens with one attached hydrogen (secondary N) is 1. The number of carbonyl (C=O) groups excluding carboxylic acids is 1. The summed E-state index contributed by atoms with van der Waals surface area (Å²) in [5.41, 5.74) is 0.359. The lowest BCUT2D eigenvalue weighted by molar-refractivity contribution is 0.0945. The Morgan fingerprint density at radius 2 is 2.04 bits per heavy atom. The molecule has 1 saturated heterocycles. The first-order valence-corrected chi connectivity index (χ1v) is 8.07. The van der Waals surface area contributed by atoms with Crippen molar-refractivity contribution in [3.63, 3.8) is 0 Å². The van der Waals surface area contributed by atoms with Gasteiger partial charge in [-0.2, -0.15) is 15.0 Å². The first-order chi connectivity index (χ1) is 12.1. The van der Waals surface area contributed by atoms with Crippen LogP contribution in [0.25, 0.3) is 0 Å². The predicted molar refractivity (Wildman–Crippen MR) is 92.6 cm³/mol. The third-order valence-corrected chi connectivity index (χ3v) is 3.66. The third kappa shape index (κ3) is 4.38. The lowest BCUT2D eigenvalue weighted by atomic mass is 10.3. The summed E-state index contributed by atoms with van der Waals surface area (Å²) >= 11 is 0. The van der Waals surface area contributed by atoms with E-state index < -0.39 is 0 Å². The Labute approximate surface area is 146 Å². The maximum atomic E-state index is 12.1. The summed E-state index contributed by atoms with van der Waals surface area (Å²) in [7, 11) is 3.74. The molecule has 25 heavy (non-hydrogen) atoms. The van der Waals surface area contributed by atoms with Gasteiger partial charge in [-0.3, -0.25) is 9.78 Å². The van der Waals surface area contributed by atoms with E-state index in [-0.39, 0.29) is 12.5 Å². The molecule has 3 rings (SSSR count). The van der Waals surface area contributed by atoms with Crippen LogP contribution in [0.4, 0.5) is 11.9 Å². The summed E-state index contributed by atoms with van der Waals surface area (Å²) in [6.45, 7) is 2.97. The molecule has 0 aliphatic carbocycles. The zero-order valence-corrected chi connectivity index (χ0v) is 14.3. The molecule has 9 heteroatoms. The largest absolute Gasteiger partial charge is 0.378 e. The fraction of sp³-hybridized carbons (Fsp3) is 0.438. The zero-order chi connectivity index (χ0) is 17.6. The van der Waals surface area contributed by atoms with Gasteiger partial charge in [0.25, 0.3) is 5.91 Å². The molecule has 0 radical (unpaired) electrons. The van der Waals surface area contributed by atoms with E-state index in [1.165, 1.54) is 0 Å². The highest BCUT2D eigenvalue weighted by Gasteiger charge is 2.17. The normalized spacial score (nSPS) is 14.2. The number of aromatic nitrogens is 4. The lowest BCUT2D eigenvalue weighted by Gasteiger charge is -2.27. The molecule has 9 nitrogen and oxygen atoms in total. The summed E-state index contributed by atoms with van der Waals surface area (Å²) in [6, 6.07) is 5.19. The number of pyridine rings is 1. The number of carbonyl (C=O) groups is 1. The topological polar surface area (TPSA) is 96.4 Å². The molecule has 1 amide bonds. The molecular weight excluding hydrogens is 322 g/mol. The number of anilines is 2. The summed E-state index contributed by atoms with van der Waals surface area (Å²) in [6.07, 6.45) is 1.58. The zero-order valence-electron chi connectivity index (χ0n) is 14.3. The lowest BCUT2D eigenvalue weighted by Crippen LogP contribution is -2.38. The standard InChI is InChI=1S/C16H21N7O2/c1-22(2)15-19-13(11-18-14(24)12-5-3-4-6-17-12)20-16(21-15)23-7-9-25-10-8-23/h3-6H,7-11H2,1-2H3,(H,18,24). The van der Waals surface area contributed by atoms with Crippen LogP contribution in [-0.4, -0.2) is 66.2 Å². The van der Waals surface area contributed by atoms with Gasteiger partial charge < -0.3 is 19.9 Å². The second-order valence-corrected chi connectivity index (χ2v) is 5.74. The molecule has 1 aliphatic heterocycles. The van der Waals surface area contributed by atoms with E-state index in [2.05, 4.69) is 30.2 Å². The fourth-order valence-corrected chi connectivity index (χ4v) is 2.33. The molecule has 0 saturated carbocycles. The van der Waals surface area contributed by atoms with E-state index >= 15 is 0 Å². The summed E-state index contributed by atoms with van der Waals surface area (Å²) in [4.78, 5) is 33.4. The number of nitrogens with zero attached hydrogens (tertiary/aromatic N) is 6. The van der Waals surface area contributed by atoms with Crippen molar-refractivity contribution in [3.8, 4) is 0 Å². The molecule has 1 N–H and O–H groups in total. The number of morpholine rings is 1. The number of ether oxygens (including phenoxy) is 1. The first kappa shape index (κ1) is 17.0. The van der Waals surface area contributed by atoms with Crippen LogP contribution < -0.4 is 15.1 Å². The van der Waals surface area contributed by atoms with Gasteiger partial charge in [-0.1, -0.05) is 6.07 Å². The molecule has 0 bridgehead atoms. The highest BCUT2D eigenvalue weighted by molar-refractivity contribution is 5.92. The van der Waals surface area contributed by atoms with E-state index in [9.17, 15) is 4.79 Å². The summed E-state index contributed by atoms with van der Waals surface area (Å²) in [5, 5.41) is 2.80. The molecule has 0 atom stereocenters. The molecule has 2 aromatic rings. The average molecular weight is 343 g/mol. The minimum absolute atomic E-state index is 0.204. The molecule has 1 fully saturated rings. The highest BCUT2D eigenvalue weighted by atomic mass is 16.5. The van der Waals surface area contributed by atoms with Gasteiger partial charge in [0.1, 0.15) is 5.69 Å². The number of rotatable bonds is 5. The molecular formula is C16H21N7O2. The number of hydrogen-bond donors (Lipinski definition) is 1. The molecule has 0 unspecified atom stereocenters. The van der Waals surface area contributed by atoms with Crippen molar-refractivity contribution in [1.82, 2.24) is 25.3 Å². The monoisotopic (exact) mass is 343 g/mol. The van der Waals surface area contributed by atoms with Gasteiger partial charge in [0.05, 0.1) is 19.8 Å². The molecule has 0 spiro atoms. The highest BCUT2D eigenvalue weighted by Crippen LogP contribution is 2.14. The van der Waals surface area contributed by atoms with E-state index in [1.54, 1.807) is 24.4 Å². The number of hydrogen-bond acceptors (Lipinski definition) is 8. The van der Waals surface area contributed by atoms with Crippen molar-refractivity contribution in [3.05, 3.63) is 35.9 Å². The van der Waals surface area contributed by atoms with E-state index in [1.807, 2.05) is 19.0 Å². The van der Waals surface area contributed by atoms with E-state index in [0.29, 0.717) is 36.6 Å². The second-order valence-electron chi connectivity index (χ2n) is 5.74. The van der Waals surface area contributed by atoms with Crippen molar-refractivity contribution in [2.45, 2.75) is 6.54 Å². The van der Waals surface area contributed by atoms with Crippen molar-refractivity contribution >= 4 is 17.8 Å². The van der Waals surface area contributed by atoms with Crippen LogP contribution in [0.2, 0.25) is 0 Å². The van der Waals surface area contributed by atoms with Gasteiger partial charge in [0.2, 0.25) is 11.9 Å². The van der Waals surface area contributed by atoms with Crippen molar-refractivity contribution < 1.29 is 9.53 Å². The van der Waals surface area contributed by atoms with Crippen molar-refractivity contribution in [2.24, 2.45) is 0 Å². The van der Waals surface area contributed by atoms with Gasteiger partial charge in [-0.05, 0) is 12.1 Å². The molecule has 2 aromatic heterocycles. The van der Waals surface area contributed by atoms with Crippen LogP contribution in [-0.2, 0) is 11.3 Å². The van der Waals surface area contributed by atoms with Gasteiger partial charge in [0.15, 0.2) is 5.82 Å². The third-order valence-electron chi connectivity index (χ3n) is 3.66. The second kappa shape index (κ2) is 7.84. The van der Waals surface area contributed by atoms with Crippen LogP contribution in [0, 0.1) is 0 Å². The SMILES string of the molecule is CN(C)c1nc(CNC(=O)c2ccccn2)nc(N2CCOCC2)n1. The maximum absolute atomic E-state index is 12.1. The van der Waals surface area contributed by atoms with E-state index in [0.717, 1.165) is 13.1 Å². The summed E-state index contributed by atoms with van der Waals surface area (Å²) < 4.78 is 5.37. The Balaban J connectivity index is 1.75. The van der Waals surface area contributed by atoms with E-state index in [4.69, 9.17) is 4.74 Å².